The van der Waals surface area contributed by atoms with E-state index in [1.54, 1.807) is 12.3 Å². The van der Waals surface area contributed by atoms with Crippen LogP contribution in [0.2, 0.25) is 10.0 Å². The third kappa shape index (κ3) is 3.50. The Morgan fingerprint density at radius 1 is 1.19 bits per heavy atom. The maximum absolute atomic E-state index is 13.4. The lowest BCUT2D eigenvalue weighted by Crippen LogP contribution is -2.50. The molecule has 1 amide bonds. The number of aromatic nitrogens is 1. The highest BCUT2D eigenvalue weighted by Crippen LogP contribution is 2.44. The molecular weight excluding hydrogens is 383 g/mol. The number of carbonyl (C=O) groups is 1. The van der Waals surface area contributed by atoms with Gasteiger partial charge in [0.05, 0.1) is 21.5 Å². The number of rotatable bonds is 2. The predicted molar refractivity (Wildman–Crippen MR) is 106 cm³/mol. The van der Waals surface area contributed by atoms with Crippen LogP contribution < -0.4 is 4.90 Å². The van der Waals surface area contributed by atoms with Crippen molar-refractivity contribution in [2.24, 2.45) is 11.3 Å². The van der Waals surface area contributed by atoms with Crippen LogP contribution >= 0.6 is 23.2 Å². The van der Waals surface area contributed by atoms with Gasteiger partial charge in [0, 0.05) is 37.8 Å². The quantitative estimate of drug-likeness (QED) is 0.734. The maximum atomic E-state index is 13.4. The summed E-state index contributed by atoms with van der Waals surface area (Å²) in [6.07, 6.45) is 8.12. The second-order valence-corrected chi connectivity index (χ2v) is 8.99. The van der Waals surface area contributed by atoms with Crippen molar-refractivity contribution in [1.82, 2.24) is 9.88 Å². The normalized spacial score (nSPS) is 31.4. The summed E-state index contributed by atoms with van der Waals surface area (Å²) in [6, 6.07) is 4.39. The minimum Gasteiger partial charge on any atom is -0.354 e. The average molecular weight is 407 g/mol. The van der Waals surface area contributed by atoms with E-state index >= 15 is 0 Å². The topological polar surface area (TPSA) is 60.2 Å². The number of nitriles is 1. The third-order valence-electron chi connectivity index (χ3n) is 6.53. The first-order chi connectivity index (χ1) is 13.0. The lowest BCUT2D eigenvalue weighted by atomic mass is 9.78. The Balaban J connectivity index is 1.49. The van der Waals surface area contributed by atoms with Gasteiger partial charge in [-0.15, -0.1) is 0 Å². The first kappa shape index (κ1) is 18.8. The summed E-state index contributed by atoms with van der Waals surface area (Å²) in [4.78, 5) is 22.1. The van der Waals surface area contributed by atoms with E-state index < -0.39 is 0 Å². The van der Waals surface area contributed by atoms with Gasteiger partial charge in [-0.2, -0.15) is 5.26 Å². The van der Waals surface area contributed by atoms with Crippen molar-refractivity contribution in [1.29, 1.82) is 5.26 Å². The summed E-state index contributed by atoms with van der Waals surface area (Å²) in [5.41, 5.74) is -0.324. The van der Waals surface area contributed by atoms with Gasteiger partial charge in [-0.1, -0.05) is 23.2 Å². The zero-order valence-corrected chi connectivity index (χ0v) is 16.8. The fraction of sp³-hybridized carbons (Fsp3) is 0.650. The van der Waals surface area contributed by atoms with E-state index in [4.69, 9.17) is 28.5 Å². The summed E-state index contributed by atoms with van der Waals surface area (Å²) in [5.74, 6) is 1.18. The number of halogens is 2. The molecule has 1 aromatic rings. The second kappa shape index (κ2) is 7.48. The number of amides is 1. The molecule has 2 saturated heterocycles. The van der Waals surface area contributed by atoms with Crippen LogP contribution in [-0.4, -0.2) is 41.5 Å². The first-order valence-electron chi connectivity index (χ1n) is 9.79. The summed E-state index contributed by atoms with van der Waals surface area (Å²) < 4.78 is 0. The van der Waals surface area contributed by atoms with Crippen molar-refractivity contribution in [3.8, 4) is 6.07 Å². The van der Waals surface area contributed by atoms with Crippen LogP contribution in [0.1, 0.15) is 44.9 Å². The zero-order valence-electron chi connectivity index (χ0n) is 15.3. The Hall–Kier alpha value is -1.51. The summed E-state index contributed by atoms with van der Waals surface area (Å²) in [5, 5.41) is 10.2. The molecule has 1 aliphatic carbocycles. The van der Waals surface area contributed by atoms with Crippen LogP contribution in [0.4, 0.5) is 5.82 Å². The standard InChI is InChI=1S/C20H24Cl2N4O/c21-15-10-17(22)18(24-12-15)25-8-1-6-20(13-25)7-9-26(19(20)27)16-4-2-14(11-23)3-5-16/h10,12,14,16H,1-9,13H2/t14?,16?,20-/m1/s1. The van der Waals surface area contributed by atoms with E-state index in [0.717, 1.165) is 63.9 Å². The molecule has 1 saturated carbocycles. The van der Waals surface area contributed by atoms with Crippen LogP contribution in [0.5, 0.6) is 0 Å². The van der Waals surface area contributed by atoms with E-state index in [1.165, 1.54) is 0 Å². The first-order valence-corrected chi connectivity index (χ1v) is 10.5. The highest BCUT2D eigenvalue weighted by molar-refractivity contribution is 6.36. The van der Waals surface area contributed by atoms with Gasteiger partial charge in [0.15, 0.2) is 0 Å². The van der Waals surface area contributed by atoms with Crippen LogP contribution in [0, 0.1) is 22.7 Å². The molecule has 0 N–H and O–H groups in total. The molecule has 144 valence electrons. The molecular formula is C20H24Cl2N4O. The summed E-state index contributed by atoms with van der Waals surface area (Å²) >= 11 is 12.3. The van der Waals surface area contributed by atoms with Crippen molar-refractivity contribution >= 4 is 34.9 Å². The molecule has 3 fully saturated rings. The largest absolute Gasteiger partial charge is 0.354 e. The Morgan fingerprint density at radius 3 is 2.67 bits per heavy atom. The molecule has 2 aliphatic heterocycles. The molecule has 5 nitrogen and oxygen atoms in total. The van der Waals surface area contributed by atoms with E-state index in [2.05, 4.69) is 20.9 Å². The smallest absolute Gasteiger partial charge is 0.230 e. The van der Waals surface area contributed by atoms with Gasteiger partial charge in [-0.3, -0.25) is 4.79 Å². The van der Waals surface area contributed by atoms with Crippen molar-refractivity contribution in [3.05, 3.63) is 22.3 Å². The van der Waals surface area contributed by atoms with Crippen molar-refractivity contribution in [2.75, 3.05) is 24.5 Å². The number of hydrogen-bond donors (Lipinski definition) is 0. The lowest BCUT2D eigenvalue weighted by Gasteiger charge is -2.41. The van der Waals surface area contributed by atoms with Crippen LogP contribution in [0.15, 0.2) is 12.3 Å². The average Bonchev–Trinajstić information content (AvgIpc) is 2.98. The molecule has 0 radical (unpaired) electrons. The summed E-state index contributed by atoms with van der Waals surface area (Å²) in [6.45, 7) is 2.36. The molecule has 1 aromatic heterocycles. The van der Waals surface area contributed by atoms with Gasteiger partial charge in [0.1, 0.15) is 5.82 Å². The van der Waals surface area contributed by atoms with E-state index in [0.29, 0.717) is 22.6 Å². The molecule has 1 spiro atoms. The Bertz CT molecular complexity index is 772. The highest BCUT2D eigenvalue weighted by atomic mass is 35.5. The fourth-order valence-electron chi connectivity index (χ4n) is 5.04. The molecule has 1 atom stereocenters. The molecule has 7 heteroatoms. The summed E-state index contributed by atoms with van der Waals surface area (Å²) in [7, 11) is 0. The van der Waals surface area contributed by atoms with Gasteiger partial charge in [0.25, 0.3) is 0 Å². The molecule has 3 aliphatic rings. The SMILES string of the molecule is N#CC1CCC(N2CC[C@@]3(CCCN(c4ncc(Cl)cc4Cl)C3)C2=O)CC1. The van der Waals surface area contributed by atoms with Crippen LogP contribution in [-0.2, 0) is 4.79 Å². The van der Waals surface area contributed by atoms with E-state index in [-0.39, 0.29) is 17.2 Å². The number of anilines is 1. The van der Waals surface area contributed by atoms with Gasteiger partial charge >= 0.3 is 0 Å². The number of nitrogens with zero attached hydrogens (tertiary/aromatic N) is 4. The van der Waals surface area contributed by atoms with Gasteiger partial charge in [-0.05, 0) is 51.0 Å². The minimum atomic E-state index is -0.324. The molecule has 0 aromatic carbocycles. The third-order valence-corrected chi connectivity index (χ3v) is 7.02. The number of pyridine rings is 1. The monoisotopic (exact) mass is 406 g/mol. The zero-order chi connectivity index (χ0) is 19.0. The second-order valence-electron chi connectivity index (χ2n) is 8.15. The van der Waals surface area contributed by atoms with Crippen molar-refractivity contribution in [2.45, 2.75) is 51.0 Å². The van der Waals surface area contributed by atoms with E-state index in [9.17, 15) is 4.79 Å². The van der Waals surface area contributed by atoms with Gasteiger partial charge < -0.3 is 9.80 Å². The van der Waals surface area contributed by atoms with Crippen molar-refractivity contribution < 1.29 is 4.79 Å². The lowest BCUT2D eigenvalue weighted by molar-refractivity contribution is -0.139. The van der Waals surface area contributed by atoms with Crippen LogP contribution in [0.3, 0.4) is 0 Å². The predicted octanol–water partition coefficient (Wildman–Crippen LogP) is 4.29. The number of likely N-dealkylation sites (tertiary alicyclic amines) is 1. The minimum absolute atomic E-state index is 0.163. The molecule has 0 bridgehead atoms. The Morgan fingerprint density at radius 2 is 1.96 bits per heavy atom. The molecule has 3 heterocycles. The number of piperidine rings is 1. The number of carbonyl (C=O) groups excluding carboxylic acids is 1. The van der Waals surface area contributed by atoms with E-state index in [1.807, 2.05) is 0 Å². The maximum Gasteiger partial charge on any atom is 0.230 e. The molecule has 0 unspecified atom stereocenters. The Labute approximate surface area is 170 Å². The fourth-order valence-corrected chi connectivity index (χ4v) is 5.54. The Kier molecular flexibility index (Phi) is 5.22. The highest BCUT2D eigenvalue weighted by Gasteiger charge is 2.51. The number of hydrogen-bond acceptors (Lipinski definition) is 4. The van der Waals surface area contributed by atoms with Gasteiger partial charge in [-0.25, -0.2) is 4.98 Å². The van der Waals surface area contributed by atoms with Crippen molar-refractivity contribution in [3.63, 3.8) is 0 Å². The van der Waals surface area contributed by atoms with Crippen LogP contribution in [0.25, 0.3) is 0 Å². The van der Waals surface area contributed by atoms with Gasteiger partial charge in [0.2, 0.25) is 5.91 Å². The molecule has 27 heavy (non-hydrogen) atoms. The molecule has 4 rings (SSSR count).